The van der Waals surface area contributed by atoms with Gasteiger partial charge in [-0.05, 0) is 6.92 Å². The van der Waals surface area contributed by atoms with Crippen LogP contribution in [-0.4, -0.2) is 38.6 Å². The maximum absolute atomic E-state index is 9.91. The Morgan fingerprint density at radius 3 is 2.09 bits per heavy atom. The van der Waals surface area contributed by atoms with Gasteiger partial charge in [0.2, 0.25) is 0 Å². The van der Waals surface area contributed by atoms with E-state index < -0.39 is 23.9 Å². The molecule has 0 aromatic heterocycles. The molecule has 0 radical (unpaired) electrons. The van der Waals surface area contributed by atoms with Crippen LogP contribution in [0.15, 0.2) is 11.8 Å². The van der Waals surface area contributed by atoms with Crippen LogP contribution in [0, 0.1) is 0 Å². The van der Waals surface area contributed by atoms with Gasteiger partial charge in [-0.25, -0.2) is 4.79 Å². The van der Waals surface area contributed by atoms with E-state index in [0.29, 0.717) is 6.08 Å². The van der Waals surface area contributed by atoms with Crippen molar-refractivity contribution < 1.29 is 25.2 Å². The van der Waals surface area contributed by atoms with E-state index in [2.05, 4.69) is 0 Å². The molecule has 0 bridgehead atoms. The minimum atomic E-state index is -1.54. The second-order valence-corrected chi connectivity index (χ2v) is 2.09. The van der Waals surface area contributed by atoms with Crippen LogP contribution in [0.5, 0.6) is 0 Å². The lowest BCUT2D eigenvalue weighted by Crippen LogP contribution is -2.25. The molecule has 11 heavy (non-hydrogen) atoms. The van der Waals surface area contributed by atoms with Crippen molar-refractivity contribution in [3.63, 3.8) is 0 Å². The molecule has 4 N–H and O–H groups in total. The number of hydrogen-bond acceptors (Lipinski definition) is 4. The molecule has 0 saturated heterocycles. The second kappa shape index (κ2) is 3.95. The van der Waals surface area contributed by atoms with E-state index in [1.165, 1.54) is 6.92 Å². The van der Waals surface area contributed by atoms with Crippen molar-refractivity contribution >= 4 is 5.97 Å². The van der Waals surface area contributed by atoms with Gasteiger partial charge in [0.1, 0.15) is 11.9 Å². The molecular formula is C6H10O5. The standard InChI is InChI=1S/C6H10O5/c1-3(7)6(11)4(8)2-5(9)10/h2-3,6-8,11H,1H3,(H,9,10)/b4-2-/t3-,6+/m0/s1. The highest BCUT2D eigenvalue weighted by atomic mass is 16.4. The molecule has 0 fully saturated rings. The van der Waals surface area contributed by atoms with Gasteiger partial charge in [0, 0.05) is 0 Å². The van der Waals surface area contributed by atoms with Crippen LogP contribution in [0.3, 0.4) is 0 Å². The van der Waals surface area contributed by atoms with E-state index in [4.69, 9.17) is 20.4 Å². The fourth-order valence-corrected chi connectivity index (χ4v) is 0.459. The average molecular weight is 162 g/mol. The summed E-state index contributed by atoms with van der Waals surface area (Å²) < 4.78 is 0. The van der Waals surface area contributed by atoms with Crippen molar-refractivity contribution in [1.82, 2.24) is 0 Å². The smallest absolute Gasteiger partial charge is 0.331 e. The van der Waals surface area contributed by atoms with E-state index in [1.54, 1.807) is 0 Å². The SMILES string of the molecule is C[C@H](O)[C@@H](O)/C(O)=C/C(=O)O. The number of aliphatic hydroxyl groups is 3. The summed E-state index contributed by atoms with van der Waals surface area (Å²) in [4.78, 5) is 9.91. The third-order valence-electron chi connectivity index (χ3n) is 1.03. The maximum Gasteiger partial charge on any atom is 0.331 e. The first-order valence-corrected chi connectivity index (χ1v) is 2.94. The molecule has 0 saturated carbocycles. The molecule has 0 rings (SSSR count). The first-order chi connectivity index (χ1) is 4.95. The molecule has 5 nitrogen and oxygen atoms in total. The lowest BCUT2D eigenvalue weighted by atomic mass is 10.2. The van der Waals surface area contributed by atoms with Crippen LogP contribution >= 0.6 is 0 Å². The zero-order valence-corrected chi connectivity index (χ0v) is 5.93. The first-order valence-electron chi connectivity index (χ1n) is 2.94. The number of carbonyl (C=O) groups is 1. The van der Waals surface area contributed by atoms with Crippen LogP contribution in [0.1, 0.15) is 6.92 Å². The predicted octanol–water partition coefficient (Wildman–Crippen LogP) is -0.745. The number of aliphatic carboxylic acids is 1. The Morgan fingerprint density at radius 2 is 1.82 bits per heavy atom. The second-order valence-electron chi connectivity index (χ2n) is 2.09. The summed E-state index contributed by atoms with van der Waals surface area (Å²) in [6, 6.07) is 0. The van der Waals surface area contributed by atoms with Gasteiger partial charge in [-0.1, -0.05) is 0 Å². The summed E-state index contributed by atoms with van der Waals surface area (Å²) in [5.41, 5.74) is 0. The molecule has 0 aliphatic heterocycles. The number of aliphatic hydroxyl groups excluding tert-OH is 3. The molecule has 5 heteroatoms. The fraction of sp³-hybridized carbons (Fsp3) is 0.500. The summed E-state index contributed by atoms with van der Waals surface area (Å²) in [5.74, 6) is -2.13. The fourth-order valence-electron chi connectivity index (χ4n) is 0.459. The first kappa shape index (κ1) is 9.93. The summed E-state index contributed by atoms with van der Waals surface area (Å²) in [5, 5.41) is 34.3. The average Bonchev–Trinajstić information content (AvgIpc) is 1.84. The van der Waals surface area contributed by atoms with Gasteiger partial charge < -0.3 is 20.4 Å². The minimum Gasteiger partial charge on any atom is -0.509 e. The zero-order chi connectivity index (χ0) is 9.02. The van der Waals surface area contributed by atoms with E-state index in [-0.39, 0.29) is 0 Å². The maximum atomic E-state index is 9.91. The number of carboxylic acids is 1. The van der Waals surface area contributed by atoms with Crippen molar-refractivity contribution in [3.8, 4) is 0 Å². The summed E-state index contributed by atoms with van der Waals surface area (Å²) in [7, 11) is 0. The normalized spacial score (nSPS) is 17.5. The van der Waals surface area contributed by atoms with Gasteiger partial charge in [0.25, 0.3) is 0 Å². The van der Waals surface area contributed by atoms with Crippen molar-refractivity contribution in [3.05, 3.63) is 11.8 Å². The molecule has 0 aliphatic rings. The Morgan fingerprint density at radius 1 is 1.36 bits per heavy atom. The Balaban J connectivity index is 4.23. The quantitative estimate of drug-likeness (QED) is 0.323. The van der Waals surface area contributed by atoms with Crippen molar-refractivity contribution in [2.75, 3.05) is 0 Å². The van der Waals surface area contributed by atoms with Gasteiger partial charge in [-0.15, -0.1) is 0 Å². The van der Waals surface area contributed by atoms with Gasteiger partial charge in [0.05, 0.1) is 12.2 Å². The van der Waals surface area contributed by atoms with Gasteiger partial charge in [-0.2, -0.15) is 0 Å². The van der Waals surface area contributed by atoms with E-state index in [1.807, 2.05) is 0 Å². The van der Waals surface area contributed by atoms with Gasteiger partial charge in [-0.3, -0.25) is 0 Å². The molecule has 0 aromatic carbocycles. The highest BCUT2D eigenvalue weighted by Crippen LogP contribution is 2.02. The monoisotopic (exact) mass is 162 g/mol. The van der Waals surface area contributed by atoms with Crippen LogP contribution in [0.25, 0.3) is 0 Å². The Kier molecular flexibility index (Phi) is 3.56. The summed E-state index contributed by atoms with van der Waals surface area (Å²) >= 11 is 0. The summed E-state index contributed by atoms with van der Waals surface area (Å²) in [6.07, 6.45) is -2.30. The number of rotatable bonds is 3. The lowest BCUT2D eigenvalue weighted by Gasteiger charge is -2.11. The molecule has 64 valence electrons. The zero-order valence-electron chi connectivity index (χ0n) is 5.93. The number of carboxylic acid groups (broad SMARTS) is 1. The van der Waals surface area contributed by atoms with Crippen LogP contribution in [0.4, 0.5) is 0 Å². The lowest BCUT2D eigenvalue weighted by molar-refractivity contribution is -0.131. The molecule has 0 unspecified atom stereocenters. The molecule has 0 spiro atoms. The van der Waals surface area contributed by atoms with Crippen LogP contribution in [-0.2, 0) is 4.79 Å². The highest BCUT2D eigenvalue weighted by molar-refractivity contribution is 5.80. The third-order valence-corrected chi connectivity index (χ3v) is 1.03. The van der Waals surface area contributed by atoms with E-state index in [9.17, 15) is 4.79 Å². The van der Waals surface area contributed by atoms with E-state index >= 15 is 0 Å². The van der Waals surface area contributed by atoms with Crippen LogP contribution in [0.2, 0.25) is 0 Å². The topological polar surface area (TPSA) is 98.0 Å². The molecule has 0 aliphatic carbocycles. The largest absolute Gasteiger partial charge is 0.509 e. The molecular weight excluding hydrogens is 152 g/mol. The third kappa shape index (κ3) is 3.59. The van der Waals surface area contributed by atoms with Crippen molar-refractivity contribution in [1.29, 1.82) is 0 Å². The van der Waals surface area contributed by atoms with Crippen molar-refractivity contribution in [2.45, 2.75) is 19.1 Å². The van der Waals surface area contributed by atoms with Crippen molar-refractivity contribution in [2.24, 2.45) is 0 Å². The minimum absolute atomic E-state index is 0.428. The Labute approximate surface area is 63.2 Å². The molecule has 0 heterocycles. The Bertz CT molecular complexity index is 172. The Hall–Kier alpha value is -1.07. The van der Waals surface area contributed by atoms with Crippen LogP contribution < -0.4 is 0 Å². The van der Waals surface area contributed by atoms with Gasteiger partial charge in [0.15, 0.2) is 0 Å². The highest BCUT2D eigenvalue weighted by Gasteiger charge is 2.16. The number of hydrogen-bond donors (Lipinski definition) is 4. The van der Waals surface area contributed by atoms with Gasteiger partial charge >= 0.3 is 5.97 Å². The molecule has 0 amide bonds. The summed E-state index contributed by atoms with van der Waals surface area (Å²) in [6.45, 7) is 1.23. The molecule has 2 atom stereocenters. The van der Waals surface area contributed by atoms with E-state index in [0.717, 1.165) is 0 Å². The molecule has 0 aromatic rings. The predicted molar refractivity (Wildman–Crippen MR) is 36.0 cm³/mol.